The molecule has 0 aliphatic carbocycles. The van der Waals surface area contributed by atoms with Crippen molar-refractivity contribution in [2.24, 2.45) is 5.73 Å². The van der Waals surface area contributed by atoms with Crippen molar-refractivity contribution < 1.29 is 14.3 Å². The van der Waals surface area contributed by atoms with Crippen LogP contribution in [0.3, 0.4) is 0 Å². The summed E-state index contributed by atoms with van der Waals surface area (Å²) in [5.74, 6) is 0.113. The third-order valence-electron chi connectivity index (χ3n) is 3.15. The number of hydrogen-bond acceptors (Lipinski definition) is 4. The average molecular weight is 313 g/mol. The van der Waals surface area contributed by atoms with E-state index < -0.39 is 0 Å². The predicted molar refractivity (Wildman–Crippen MR) is 89.7 cm³/mol. The molecule has 2 amide bonds. The minimum absolute atomic E-state index is 0.199. The maximum atomic E-state index is 12.3. The molecule has 120 valence electrons. The first-order valence-electron chi connectivity index (χ1n) is 7.18. The summed E-state index contributed by atoms with van der Waals surface area (Å²) in [6.45, 7) is 0.268. The SMILES string of the molecule is COc1cccc(C(=O)Nc2ccccc2NC(=O)CCN)c1. The lowest BCUT2D eigenvalue weighted by atomic mass is 10.2. The Morgan fingerprint density at radius 2 is 1.74 bits per heavy atom. The van der Waals surface area contributed by atoms with Crippen molar-refractivity contribution in [1.82, 2.24) is 0 Å². The predicted octanol–water partition coefficient (Wildman–Crippen LogP) is 2.23. The van der Waals surface area contributed by atoms with E-state index in [1.54, 1.807) is 55.6 Å². The van der Waals surface area contributed by atoms with E-state index >= 15 is 0 Å². The number of hydrogen-bond donors (Lipinski definition) is 3. The van der Waals surface area contributed by atoms with Crippen LogP contribution in [0, 0.1) is 0 Å². The van der Waals surface area contributed by atoms with E-state index in [4.69, 9.17) is 10.5 Å². The van der Waals surface area contributed by atoms with Gasteiger partial charge in [-0.05, 0) is 30.3 Å². The third-order valence-corrected chi connectivity index (χ3v) is 3.15. The molecule has 0 aliphatic heterocycles. The van der Waals surface area contributed by atoms with Crippen molar-refractivity contribution in [3.05, 3.63) is 54.1 Å². The summed E-state index contributed by atoms with van der Waals surface area (Å²) in [7, 11) is 1.54. The molecule has 2 rings (SSSR count). The van der Waals surface area contributed by atoms with Gasteiger partial charge in [-0.1, -0.05) is 18.2 Å². The molecule has 0 aliphatic rings. The van der Waals surface area contributed by atoms with Gasteiger partial charge in [-0.15, -0.1) is 0 Å². The number of ether oxygens (including phenoxy) is 1. The molecule has 2 aromatic carbocycles. The fraction of sp³-hybridized carbons (Fsp3) is 0.176. The Balaban J connectivity index is 2.16. The van der Waals surface area contributed by atoms with Crippen molar-refractivity contribution in [1.29, 1.82) is 0 Å². The first-order valence-corrected chi connectivity index (χ1v) is 7.18. The molecule has 0 unspecified atom stereocenters. The van der Waals surface area contributed by atoms with Gasteiger partial charge in [-0.2, -0.15) is 0 Å². The van der Waals surface area contributed by atoms with Gasteiger partial charge in [0.25, 0.3) is 5.91 Å². The first kappa shape index (κ1) is 16.5. The molecular weight excluding hydrogens is 294 g/mol. The number of rotatable bonds is 6. The molecule has 0 heterocycles. The molecule has 6 heteroatoms. The molecule has 0 spiro atoms. The second-order valence-electron chi connectivity index (χ2n) is 4.82. The maximum Gasteiger partial charge on any atom is 0.255 e. The molecule has 0 saturated heterocycles. The van der Waals surface area contributed by atoms with Gasteiger partial charge in [-0.3, -0.25) is 9.59 Å². The number of carbonyl (C=O) groups is 2. The molecule has 0 bridgehead atoms. The van der Waals surface area contributed by atoms with Crippen LogP contribution in [0.25, 0.3) is 0 Å². The van der Waals surface area contributed by atoms with Crippen LogP contribution < -0.4 is 21.1 Å². The van der Waals surface area contributed by atoms with Crippen LogP contribution in [0.2, 0.25) is 0 Å². The molecule has 0 atom stereocenters. The van der Waals surface area contributed by atoms with Crippen molar-refractivity contribution in [2.45, 2.75) is 6.42 Å². The van der Waals surface area contributed by atoms with Gasteiger partial charge < -0.3 is 21.1 Å². The maximum absolute atomic E-state index is 12.3. The Kier molecular flexibility index (Phi) is 5.71. The van der Waals surface area contributed by atoms with E-state index in [-0.39, 0.29) is 24.8 Å². The van der Waals surface area contributed by atoms with Gasteiger partial charge in [0, 0.05) is 18.5 Å². The van der Waals surface area contributed by atoms with Crippen LogP contribution in [0.5, 0.6) is 5.75 Å². The summed E-state index contributed by atoms with van der Waals surface area (Å²) in [5, 5.41) is 5.52. The lowest BCUT2D eigenvalue weighted by molar-refractivity contribution is -0.116. The van der Waals surface area contributed by atoms with Gasteiger partial charge in [0.1, 0.15) is 5.75 Å². The molecule has 6 nitrogen and oxygen atoms in total. The number of anilines is 2. The minimum Gasteiger partial charge on any atom is -0.497 e. The lowest BCUT2D eigenvalue weighted by Crippen LogP contribution is -2.18. The number of carbonyl (C=O) groups excluding carboxylic acids is 2. The topological polar surface area (TPSA) is 93.5 Å². The van der Waals surface area contributed by atoms with Crippen LogP contribution in [-0.4, -0.2) is 25.5 Å². The van der Waals surface area contributed by atoms with E-state index in [1.165, 1.54) is 0 Å². The van der Waals surface area contributed by atoms with Crippen LogP contribution in [0.4, 0.5) is 11.4 Å². The Labute approximate surface area is 134 Å². The largest absolute Gasteiger partial charge is 0.497 e. The van der Waals surface area contributed by atoms with Crippen molar-refractivity contribution in [3.63, 3.8) is 0 Å². The lowest BCUT2D eigenvalue weighted by Gasteiger charge is -2.12. The zero-order valence-corrected chi connectivity index (χ0v) is 12.8. The van der Waals surface area contributed by atoms with Crippen LogP contribution >= 0.6 is 0 Å². The summed E-state index contributed by atoms with van der Waals surface area (Å²) in [4.78, 5) is 24.0. The summed E-state index contributed by atoms with van der Waals surface area (Å²) in [6, 6.07) is 13.8. The summed E-state index contributed by atoms with van der Waals surface area (Å²) in [6.07, 6.45) is 0.220. The molecular formula is C17H19N3O3. The number of para-hydroxylation sites is 2. The molecule has 0 saturated carbocycles. The van der Waals surface area contributed by atoms with Gasteiger partial charge in [0.15, 0.2) is 0 Å². The second-order valence-corrected chi connectivity index (χ2v) is 4.82. The third kappa shape index (κ3) is 4.55. The van der Waals surface area contributed by atoms with E-state index in [0.717, 1.165) is 0 Å². The zero-order chi connectivity index (χ0) is 16.7. The molecule has 23 heavy (non-hydrogen) atoms. The number of methoxy groups -OCH3 is 1. The van der Waals surface area contributed by atoms with Crippen molar-refractivity contribution in [2.75, 3.05) is 24.3 Å². The molecule has 0 fully saturated rings. The Hall–Kier alpha value is -2.86. The highest BCUT2D eigenvalue weighted by Gasteiger charge is 2.11. The highest BCUT2D eigenvalue weighted by atomic mass is 16.5. The fourth-order valence-corrected chi connectivity index (χ4v) is 2.00. The standard InChI is InChI=1S/C17H19N3O3/c1-23-13-6-4-5-12(11-13)17(22)20-15-8-3-2-7-14(15)19-16(21)9-10-18/h2-8,11H,9-10,18H2,1H3,(H,19,21)(H,20,22). The van der Waals surface area contributed by atoms with Crippen LogP contribution in [0.1, 0.15) is 16.8 Å². The van der Waals surface area contributed by atoms with Gasteiger partial charge >= 0.3 is 0 Å². The smallest absolute Gasteiger partial charge is 0.255 e. The monoisotopic (exact) mass is 313 g/mol. The summed E-state index contributed by atoms with van der Waals surface area (Å²) >= 11 is 0. The van der Waals surface area contributed by atoms with E-state index in [1.807, 2.05) is 0 Å². The Bertz CT molecular complexity index is 701. The van der Waals surface area contributed by atoms with Gasteiger partial charge in [0.05, 0.1) is 18.5 Å². The number of nitrogens with two attached hydrogens (primary N) is 1. The number of nitrogens with one attached hydrogen (secondary N) is 2. The van der Waals surface area contributed by atoms with Crippen LogP contribution in [-0.2, 0) is 4.79 Å². The number of benzene rings is 2. The van der Waals surface area contributed by atoms with Crippen LogP contribution in [0.15, 0.2) is 48.5 Å². The normalized spacial score (nSPS) is 10.0. The van der Waals surface area contributed by atoms with Gasteiger partial charge in [-0.25, -0.2) is 0 Å². The highest BCUT2D eigenvalue weighted by molar-refractivity contribution is 6.07. The Morgan fingerprint density at radius 3 is 2.39 bits per heavy atom. The molecule has 0 radical (unpaired) electrons. The average Bonchev–Trinajstić information content (AvgIpc) is 2.57. The van der Waals surface area contributed by atoms with E-state index in [9.17, 15) is 9.59 Å². The fourth-order valence-electron chi connectivity index (χ4n) is 2.00. The second kappa shape index (κ2) is 7.95. The van der Waals surface area contributed by atoms with Crippen molar-refractivity contribution in [3.8, 4) is 5.75 Å². The van der Waals surface area contributed by atoms with E-state index in [0.29, 0.717) is 22.7 Å². The van der Waals surface area contributed by atoms with Crippen molar-refractivity contribution >= 4 is 23.2 Å². The first-order chi connectivity index (χ1) is 11.1. The van der Waals surface area contributed by atoms with E-state index in [2.05, 4.69) is 10.6 Å². The molecule has 0 aromatic heterocycles. The summed E-state index contributed by atoms with van der Waals surface area (Å²) < 4.78 is 5.11. The van der Waals surface area contributed by atoms with Gasteiger partial charge in [0.2, 0.25) is 5.91 Å². The summed E-state index contributed by atoms with van der Waals surface area (Å²) in [5.41, 5.74) is 6.88. The highest BCUT2D eigenvalue weighted by Crippen LogP contribution is 2.22. The molecule has 4 N–H and O–H groups in total. The molecule has 2 aromatic rings. The zero-order valence-electron chi connectivity index (χ0n) is 12.8. The Morgan fingerprint density at radius 1 is 1.04 bits per heavy atom. The number of amides is 2. The quantitative estimate of drug-likeness (QED) is 0.762. The minimum atomic E-state index is -0.288.